The van der Waals surface area contributed by atoms with E-state index < -0.39 is 0 Å². The van der Waals surface area contributed by atoms with Gasteiger partial charge in [-0.2, -0.15) is 0 Å². The van der Waals surface area contributed by atoms with Crippen LogP contribution < -0.4 is 14.8 Å². The third-order valence-corrected chi connectivity index (χ3v) is 4.61. The second-order valence-corrected chi connectivity index (χ2v) is 6.20. The van der Waals surface area contributed by atoms with E-state index in [1.165, 1.54) is 5.56 Å². The molecule has 1 atom stereocenters. The summed E-state index contributed by atoms with van der Waals surface area (Å²) in [6.07, 6.45) is 4.92. The number of ether oxygens (including phenoxy) is 2. The third kappa shape index (κ3) is 3.30. The number of pyridine rings is 1. The molecule has 1 N–H and O–H groups in total. The van der Waals surface area contributed by atoms with Crippen molar-refractivity contribution in [2.75, 3.05) is 20.3 Å². The summed E-state index contributed by atoms with van der Waals surface area (Å²) in [5.41, 5.74) is 2.09. The minimum atomic E-state index is 0.280. The Hall–Kier alpha value is -2.60. The van der Waals surface area contributed by atoms with E-state index in [9.17, 15) is 0 Å². The first-order valence-corrected chi connectivity index (χ1v) is 8.68. The average molecular weight is 338 g/mol. The molecule has 0 saturated carbocycles. The monoisotopic (exact) mass is 338 g/mol. The fourth-order valence-electron chi connectivity index (χ4n) is 3.31. The highest BCUT2D eigenvalue weighted by Crippen LogP contribution is 2.34. The zero-order valence-corrected chi connectivity index (χ0v) is 14.3. The molecule has 6 heteroatoms. The molecule has 1 aliphatic rings. The minimum absolute atomic E-state index is 0.280. The van der Waals surface area contributed by atoms with Gasteiger partial charge in [0.05, 0.1) is 13.7 Å². The van der Waals surface area contributed by atoms with Crippen molar-refractivity contribution in [3.8, 4) is 11.5 Å². The smallest absolute Gasteiger partial charge is 0.160 e. The fourth-order valence-corrected chi connectivity index (χ4v) is 3.31. The summed E-state index contributed by atoms with van der Waals surface area (Å²) in [5, 5.41) is 12.2. The quantitative estimate of drug-likeness (QED) is 0.775. The summed E-state index contributed by atoms with van der Waals surface area (Å²) in [7, 11) is 1.68. The van der Waals surface area contributed by atoms with E-state index in [-0.39, 0.29) is 6.04 Å². The van der Waals surface area contributed by atoms with Gasteiger partial charge in [-0.25, -0.2) is 0 Å². The molecular formula is C19H22N4O2. The van der Waals surface area contributed by atoms with E-state index in [0.29, 0.717) is 0 Å². The largest absolute Gasteiger partial charge is 0.497 e. The minimum Gasteiger partial charge on any atom is -0.497 e. The molecule has 1 aromatic carbocycles. The second-order valence-electron chi connectivity index (χ2n) is 6.20. The maximum absolute atomic E-state index is 5.88. The lowest BCUT2D eigenvalue weighted by molar-refractivity contribution is 0.313. The van der Waals surface area contributed by atoms with Crippen LogP contribution in [0.2, 0.25) is 0 Å². The number of rotatable bonds is 5. The second kappa shape index (κ2) is 7.11. The molecule has 0 spiro atoms. The average Bonchev–Trinajstić information content (AvgIpc) is 2.95. The highest BCUT2D eigenvalue weighted by molar-refractivity contribution is 5.43. The Morgan fingerprint density at radius 1 is 1.28 bits per heavy atom. The van der Waals surface area contributed by atoms with Gasteiger partial charge in [0.15, 0.2) is 5.65 Å². The van der Waals surface area contributed by atoms with Crippen LogP contribution >= 0.6 is 0 Å². The SMILES string of the molecule is COc1ccc2c(c1)OCCCC2NCCc1nnc2ccccn12. The van der Waals surface area contributed by atoms with Gasteiger partial charge in [0.25, 0.3) is 0 Å². The first-order valence-electron chi connectivity index (χ1n) is 8.68. The highest BCUT2D eigenvalue weighted by Gasteiger charge is 2.20. The van der Waals surface area contributed by atoms with Gasteiger partial charge >= 0.3 is 0 Å². The van der Waals surface area contributed by atoms with Gasteiger partial charge in [-0.15, -0.1) is 10.2 Å². The van der Waals surface area contributed by atoms with Crippen molar-refractivity contribution >= 4 is 5.65 Å². The predicted molar refractivity (Wildman–Crippen MR) is 95.2 cm³/mol. The van der Waals surface area contributed by atoms with Gasteiger partial charge in [0.1, 0.15) is 17.3 Å². The van der Waals surface area contributed by atoms with Crippen LogP contribution in [0.1, 0.15) is 30.3 Å². The van der Waals surface area contributed by atoms with Crippen molar-refractivity contribution in [3.05, 3.63) is 54.0 Å². The van der Waals surface area contributed by atoms with E-state index in [1.807, 2.05) is 40.9 Å². The number of nitrogens with zero attached hydrogens (tertiary/aromatic N) is 3. The van der Waals surface area contributed by atoms with Crippen LogP contribution in [0, 0.1) is 0 Å². The van der Waals surface area contributed by atoms with Crippen molar-refractivity contribution in [2.24, 2.45) is 0 Å². The molecule has 0 fully saturated rings. The Morgan fingerprint density at radius 3 is 3.16 bits per heavy atom. The van der Waals surface area contributed by atoms with E-state index >= 15 is 0 Å². The van der Waals surface area contributed by atoms with Gasteiger partial charge in [0.2, 0.25) is 0 Å². The summed E-state index contributed by atoms with van der Waals surface area (Å²) in [6.45, 7) is 1.58. The van der Waals surface area contributed by atoms with Crippen LogP contribution in [0.5, 0.6) is 11.5 Å². The normalized spacial score (nSPS) is 16.9. The summed E-state index contributed by atoms with van der Waals surface area (Å²) >= 11 is 0. The molecule has 0 saturated heterocycles. The molecule has 6 nitrogen and oxygen atoms in total. The molecule has 0 radical (unpaired) electrons. The van der Waals surface area contributed by atoms with E-state index in [2.05, 4.69) is 21.6 Å². The molecule has 4 rings (SSSR count). The first-order chi connectivity index (χ1) is 12.3. The molecule has 1 unspecified atom stereocenters. The number of nitrogens with one attached hydrogen (secondary N) is 1. The summed E-state index contributed by atoms with van der Waals surface area (Å²) < 4.78 is 13.2. The highest BCUT2D eigenvalue weighted by atomic mass is 16.5. The van der Waals surface area contributed by atoms with Gasteiger partial charge in [-0.3, -0.25) is 4.40 Å². The molecule has 0 amide bonds. The number of methoxy groups -OCH3 is 1. The van der Waals surface area contributed by atoms with Crippen molar-refractivity contribution in [1.82, 2.24) is 19.9 Å². The fraction of sp³-hybridized carbons (Fsp3) is 0.368. The van der Waals surface area contributed by atoms with Gasteiger partial charge in [-0.1, -0.05) is 12.1 Å². The third-order valence-electron chi connectivity index (χ3n) is 4.61. The lowest BCUT2D eigenvalue weighted by Gasteiger charge is -2.18. The van der Waals surface area contributed by atoms with Crippen LogP contribution in [0.15, 0.2) is 42.6 Å². The van der Waals surface area contributed by atoms with Crippen LogP contribution in [0.25, 0.3) is 5.65 Å². The molecule has 0 bridgehead atoms. The van der Waals surface area contributed by atoms with Crippen LogP contribution in [0.4, 0.5) is 0 Å². The van der Waals surface area contributed by atoms with Gasteiger partial charge in [-0.05, 0) is 31.0 Å². The maximum atomic E-state index is 5.88. The van der Waals surface area contributed by atoms with E-state index in [0.717, 1.165) is 55.4 Å². The van der Waals surface area contributed by atoms with E-state index in [1.54, 1.807) is 7.11 Å². The topological polar surface area (TPSA) is 60.7 Å². The molecule has 130 valence electrons. The van der Waals surface area contributed by atoms with Crippen molar-refractivity contribution in [1.29, 1.82) is 0 Å². The number of hydrogen-bond acceptors (Lipinski definition) is 5. The van der Waals surface area contributed by atoms with Gasteiger partial charge in [0, 0.05) is 36.8 Å². The Morgan fingerprint density at radius 2 is 2.24 bits per heavy atom. The summed E-state index contributed by atoms with van der Waals surface area (Å²) in [6, 6.07) is 12.3. The number of hydrogen-bond donors (Lipinski definition) is 1. The zero-order valence-electron chi connectivity index (χ0n) is 14.3. The number of benzene rings is 1. The van der Waals surface area contributed by atoms with Crippen LogP contribution in [-0.4, -0.2) is 34.9 Å². The zero-order chi connectivity index (χ0) is 17.1. The molecule has 2 aromatic heterocycles. The number of fused-ring (bicyclic) bond motifs is 2. The van der Waals surface area contributed by atoms with E-state index in [4.69, 9.17) is 9.47 Å². The Balaban J connectivity index is 1.46. The summed E-state index contributed by atoms with van der Waals surface area (Å²) in [5.74, 6) is 2.72. The molecule has 25 heavy (non-hydrogen) atoms. The molecule has 1 aliphatic heterocycles. The lowest BCUT2D eigenvalue weighted by Crippen LogP contribution is -2.24. The predicted octanol–water partition coefficient (Wildman–Crippen LogP) is 2.78. The molecule has 0 aliphatic carbocycles. The Labute approximate surface area is 146 Å². The van der Waals surface area contributed by atoms with Crippen molar-refractivity contribution in [2.45, 2.75) is 25.3 Å². The van der Waals surface area contributed by atoms with Crippen molar-refractivity contribution in [3.63, 3.8) is 0 Å². The first kappa shape index (κ1) is 15.9. The molecule has 3 aromatic rings. The molecular weight excluding hydrogens is 316 g/mol. The number of aromatic nitrogens is 3. The maximum Gasteiger partial charge on any atom is 0.160 e. The van der Waals surface area contributed by atoms with Crippen LogP contribution in [0.3, 0.4) is 0 Å². The Kier molecular flexibility index (Phi) is 4.52. The lowest BCUT2D eigenvalue weighted by atomic mass is 10.0. The van der Waals surface area contributed by atoms with Crippen LogP contribution in [-0.2, 0) is 6.42 Å². The van der Waals surface area contributed by atoms with Gasteiger partial charge < -0.3 is 14.8 Å². The van der Waals surface area contributed by atoms with Crippen molar-refractivity contribution < 1.29 is 9.47 Å². The standard InChI is InChI=1S/C19H22N4O2/c1-24-14-7-8-15-16(5-4-12-25-17(15)13-14)20-10-9-19-22-21-18-6-2-3-11-23(18)19/h2-3,6-8,11,13,16,20H,4-5,9-10,12H2,1H3. The Bertz CT molecular complexity index is 862. The summed E-state index contributed by atoms with van der Waals surface area (Å²) in [4.78, 5) is 0. The molecule has 3 heterocycles.